The molecule has 8 heteroatoms. The predicted molar refractivity (Wildman–Crippen MR) is 71.6 cm³/mol. The zero-order chi connectivity index (χ0) is 15.1. The molecule has 0 bridgehead atoms. The molecule has 1 rings (SSSR count). The number of carbonyl (C=O) groups is 1. The van der Waals surface area contributed by atoms with Crippen LogP contribution in [0.1, 0.15) is 22.3 Å². The van der Waals surface area contributed by atoms with Gasteiger partial charge in [0.15, 0.2) is 0 Å². The number of rotatable bonds is 8. The first-order valence-electron chi connectivity index (χ1n) is 5.73. The van der Waals surface area contributed by atoms with Gasteiger partial charge in [0.05, 0.1) is 18.6 Å². The molecule has 0 unspecified atom stereocenters. The van der Waals surface area contributed by atoms with Gasteiger partial charge in [-0.3, -0.25) is 10.1 Å². The van der Waals surface area contributed by atoms with E-state index in [1.54, 1.807) is 0 Å². The van der Waals surface area contributed by atoms with Gasteiger partial charge in [0.2, 0.25) is 0 Å². The van der Waals surface area contributed by atoms with E-state index in [-0.39, 0.29) is 12.4 Å². The molecule has 0 amide bonds. The number of nitrogens with zero attached hydrogens (tertiary/aromatic N) is 1. The number of carboxylic acids is 1. The summed E-state index contributed by atoms with van der Waals surface area (Å²) in [6.07, 6.45) is 0.652. The summed E-state index contributed by atoms with van der Waals surface area (Å²) in [5.41, 5.74) is -0.496. The highest BCUT2D eigenvalue weighted by molar-refractivity contribution is 6.17. The van der Waals surface area contributed by atoms with Crippen LogP contribution in [-0.2, 0) is 11.3 Å². The predicted octanol–water partition coefficient (Wildman–Crippen LogP) is 2.45. The van der Waals surface area contributed by atoms with Crippen LogP contribution in [0.3, 0.4) is 0 Å². The Morgan fingerprint density at radius 2 is 2.20 bits per heavy atom. The monoisotopic (exact) mass is 303 g/mol. The molecule has 0 heterocycles. The third kappa shape index (κ3) is 4.07. The Kier molecular flexibility index (Phi) is 6.20. The summed E-state index contributed by atoms with van der Waals surface area (Å²) in [5, 5.41) is 19.9. The summed E-state index contributed by atoms with van der Waals surface area (Å²) < 4.78 is 10.3. The molecule has 7 nitrogen and oxygen atoms in total. The lowest BCUT2D eigenvalue weighted by Crippen LogP contribution is -2.06. The van der Waals surface area contributed by atoms with Crippen molar-refractivity contribution in [2.45, 2.75) is 13.0 Å². The minimum atomic E-state index is -1.38. The summed E-state index contributed by atoms with van der Waals surface area (Å²) in [6, 6.07) is 2.28. The first-order chi connectivity index (χ1) is 9.51. The second kappa shape index (κ2) is 7.66. The highest BCUT2D eigenvalue weighted by Crippen LogP contribution is 2.29. The van der Waals surface area contributed by atoms with Crippen LogP contribution in [0, 0.1) is 10.1 Å². The SMILES string of the molecule is COc1cc(C(=O)O)c([N+](=O)[O-])cc1COCCCCl. The van der Waals surface area contributed by atoms with Crippen molar-refractivity contribution in [1.29, 1.82) is 0 Å². The summed E-state index contributed by atoms with van der Waals surface area (Å²) in [7, 11) is 1.36. The molecule has 0 saturated heterocycles. The van der Waals surface area contributed by atoms with Gasteiger partial charge in [-0.15, -0.1) is 11.6 Å². The van der Waals surface area contributed by atoms with Gasteiger partial charge in [-0.1, -0.05) is 0 Å². The van der Waals surface area contributed by atoms with Gasteiger partial charge >= 0.3 is 5.97 Å². The number of hydrogen-bond donors (Lipinski definition) is 1. The van der Waals surface area contributed by atoms with E-state index in [4.69, 9.17) is 26.2 Å². The van der Waals surface area contributed by atoms with Crippen LogP contribution in [0.15, 0.2) is 12.1 Å². The highest BCUT2D eigenvalue weighted by atomic mass is 35.5. The quantitative estimate of drug-likeness (QED) is 0.343. The number of methoxy groups -OCH3 is 1. The third-order valence-corrected chi connectivity index (χ3v) is 2.77. The molecule has 20 heavy (non-hydrogen) atoms. The average Bonchev–Trinajstić information content (AvgIpc) is 2.42. The second-order valence-corrected chi connectivity index (χ2v) is 4.22. The number of alkyl halides is 1. The van der Waals surface area contributed by atoms with Crippen molar-refractivity contribution in [3.8, 4) is 5.75 Å². The molecule has 0 fully saturated rings. The average molecular weight is 304 g/mol. The van der Waals surface area contributed by atoms with E-state index in [1.165, 1.54) is 7.11 Å². The van der Waals surface area contributed by atoms with E-state index in [9.17, 15) is 14.9 Å². The molecule has 0 radical (unpaired) electrons. The van der Waals surface area contributed by atoms with E-state index in [1.807, 2.05) is 0 Å². The van der Waals surface area contributed by atoms with E-state index in [2.05, 4.69) is 0 Å². The smallest absolute Gasteiger partial charge is 0.342 e. The number of ether oxygens (including phenoxy) is 2. The summed E-state index contributed by atoms with van der Waals surface area (Å²) in [5.74, 6) is -0.696. The fourth-order valence-corrected chi connectivity index (χ4v) is 1.68. The molecule has 0 spiro atoms. The van der Waals surface area contributed by atoms with Gasteiger partial charge in [-0.25, -0.2) is 4.79 Å². The van der Waals surface area contributed by atoms with Crippen LogP contribution in [0.4, 0.5) is 5.69 Å². The molecule has 0 atom stereocenters. The summed E-state index contributed by atoms with van der Waals surface area (Å²) in [6.45, 7) is 0.488. The number of carboxylic acid groups (broad SMARTS) is 1. The molecule has 110 valence electrons. The lowest BCUT2D eigenvalue weighted by molar-refractivity contribution is -0.385. The maximum absolute atomic E-state index is 11.0. The molecular weight excluding hydrogens is 290 g/mol. The van der Waals surface area contributed by atoms with E-state index >= 15 is 0 Å². The van der Waals surface area contributed by atoms with Gasteiger partial charge < -0.3 is 14.6 Å². The van der Waals surface area contributed by atoms with Gasteiger partial charge in [0, 0.05) is 30.2 Å². The molecule has 0 aliphatic rings. The fraction of sp³-hybridized carbons (Fsp3) is 0.417. The van der Waals surface area contributed by atoms with Gasteiger partial charge in [0.25, 0.3) is 5.69 Å². The maximum Gasteiger partial charge on any atom is 0.342 e. The van der Waals surface area contributed by atoms with Crippen molar-refractivity contribution in [1.82, 2.24) is 0 Å². The highest BCUT2D eigenvalue weighted by Gasteiger charge is 2.23. The number of halogens is 1. The first-order valence-corrected chi connectivity index (χ1v) is 6.27. The zero-order valence-corrected chi connectivity index (χ0v) is 11.6. The Morgan fingerprint density at radius 3 is 2.70 bits per heavy atom. The Bertz CT molecular complexity index is 505. The van der Waals surface area contributed by atoms with Crippen LogP contribution in [0.5, 0.6) is 5.75 Å². The minimum Gasteiger partial charge on any atom is -0.496 e. The largest absolute Gasteiger partial charge is 0.496 e. The van der Waals surface area contributed by atoms with Crippen molar-refractivity contribution in [3.63, 3.8) is 0 Å². The Hall–Kier alpha value is -1.86. The summed E-state index contributed by atoms with van der Waals surface area (Å²) >= 11 is 5.50. The zero-order valence-electron chi connectivity index (χ0n) is 10.8. The summed E-state index contributed by atoms with van der Waals surface area (Å²) in [4.78, 5) is 21.2. The Balaban J connectivity index is 3.07. The third-order valence-electron chi connectivity index (χ3n) is 2.51. The van der Waals surface area contributed by atoms with Gasteiger partial charge in [-0.05, 0) is 6.42 Å². The second-order valence-electron chi connectivity index (χ2n) is 3.84. The number of nitro benzene ring substituents is 1. The van der Waals surface area contributed by atoms with E-state index in [0.717, 1.165) is 12.1 Å². The normalized spacial score (nSPS) is 10.3. The molecular formula is C12H14ClNO6. The van der Waals surface area contributed by atoms with Crippen LogP contribution < -0.4 is 4.74 Å². The number of aromatic carboxylic acids is 1. The van der Waals surface area contributed by atoms with E-state index in [0.29, 0.717) is 24.5 Å². The van der Waals surface area contributed by atoms with Gasteiger partial charge in [0.1, 0.15) is 11.3 Å². The van der Waals surface area contributed by atoms with Crippen molar-refractivity contribution in [2.75, 3.05) is 19.6 Å². The first kappa shape index (κ1) is 16.2. The van der Waals surface area contributed by atoms with Crippen LogP contribution in [0.25, 0.3) is 0 Å². The fourth-order valence-electron chi connectivity index (χ4n) is 1.58. The Morgan fingerprint density at radius 1 is 1.50 bits per heavy atom. The van der Waals surface area contributed by atoms with Crippen LogP contribution in [0.2, 0.25) is 0 Å². The van der Waals surface area contributed by atoms with Gasteiger partial charge in [-0.2, -0.15) is 0 Å². The standard InChI is InChI=1S/C12H14ClNO6/c1-19-11-6-9(12(15)16)10(14(17)18)5-8(11)7-20-4-2-3-13/h5-6H,2-4,7H2,1H3,(H,15,16). The van der Waals surface area contributed by atoms with Crippen molar-refractivity contribution < 1.29 is 24.3 Å². The molecule has 0 aliphatic carbocycles. The van der Waals surface area contributed by atoms with Crippen molar-refractivity contribution in [2.24, 2.45) is 0 Å². The van der Waals surface area contributed by atoms with Crippen molar-refractivity contribution >= 4 is 23.3 Å². The molecule has 0 aromatic heterocycles. The topological polar surface area (TPSA) is 98.9 Å². The lowest BCUT2D eigenvalue weighted by Gasteiger charge is -2.10. The Labute approximate surface area is 120 Å². The molecule has 0 saturated carbocycles. The lowest BCUT2D eigenvalue weighted by atomic mass is 10.1. The van der Waals surface area contributed by atoms with Crippen molar-refractivity contribution in [3.05, 3.63) is 33.4 Å². The minimum absolute atomic E-state index is 0.0841. The maximum atomic E-state index is 11.0. The molecule has 1 aromatic rings. The number of hydrogen-bond acceptors (Lipinski definition) is 5. The molecule has 0 aliphatic heterocycles. The van der Waals surface area contributed by atoms with Crippen LogP contribution >= 0.6 is 11.6 Å². The number of benzene rings is 1. The number of nitro groups is 1. The molecule has 1 aromatic carbocycles. The molecule has 1 N–H and O–H groups in total. The van der Waals surface area contributed by atoms with E-state index < -0.39 is 22.1 Å². The van der Waals surface area contributed by atoms with Crippen LogP contribution in [-0.4, -0.2) is 35.6 Å².